The predicted molar refractivity (Wildman–Crippen MR) is 121 cm³/mol. The highest BCUT2D eigenvalue weighted by atomic mass is 19.1. The van der Waals surface area contributed by atoms with Gasteiger partial charge in [0.15, 0.2) is 18.2 Å². The number of nitrogens with zero attached hydrogens (tertiary/aromatic N) is 5. The second-order valence-electron chi connectivity index (χ2n) is 8.36. The molecule has 0 saturated carbocycles. The van der Waals surface area contributed by atoms with E-state index in [0.717, 1.165) is 19.5 Å². The SMILES string of the molecule is CC1(C=O)O[C@@H](N=[N+]=[N-])CN1c1cc(F)c(C2=CCN(CCc3ccccc3)CC2)c(F)c1. The summed E-state index contributed by atoms with van der Waals surface area (Å²) in [5.74, 6) is -1.40. The minimum Gasteiger partial charge on any atom is -0.338 e. The first kappa shape index (κ1) is 22.9. The summed E-state index contributed by atoms with van der Waals surface area (Å²) in [5.41, 5.74) is 9.17. The number of ether oxygens (including phenoxy) is 1. The lowest BCUT2D eigenvalue weighted by atomic mass is 9.97. The standard InChI is InChI=1S/C24H25F2N5O2/c1-24(16-32)31(15-22(33-24)28-29-27)19-13-20(25)23(21(26)14-19)18-8-11-30(12-9-18)10-7-17-5-3-2-4-6-17/h2-6,8,13-14,16,22H,7,9-12,15H2,1H3/t22-,24?/m1/s1. The van der Waals surface area contributed by atoms with Crippen LogP contribution in [0.5, 0.6) is 0 Å². The molecule has 172 valence electrons. The van der Waals surface area contributed by atoms with E-state index in [9.17, 15) is 4.79 Å². The van der Waals surface area contributed by atoms with Crippen LogP contribution in [-0.2, 0) is 16.0 Å². The summed E-state index contributed by atoms with van der Waals surface area (Å²) < 4.78 is 35.6. The Bertz CT molecular complexity index is 1080. The van der Waals surface area contributed by atoms with Gasteiger partial charge in [-0.3, -0.25) is 9.69 Å². The summed E-state index contributed by atoms with van der Waals surface area (Å²) >= 11 is 0. The van der Waals surface area contributed by atoms with Crippen molar-refractivity contribution < 1.29 is 18.3 Å². The average molecular weight is 453 g/mol. The molecule has 0 amide bonds. The van der Waals surface area contributed by atoms with E-state index in [-0.39, 0.29) is 17.8 Å². The van der Waals surface area contributed by atoms with E-state index in [1.54, 1.807) is 0 Å². The molecule has 2 heterocycles. The van der Waals surface area contributed by atoms with Crippen molar-refractivity contribution in [2.45, 2.75) is 31.7 Å². The first-order valence-corrected chi connectivity index (χ1v) is 10.8. The fourth-order valence-electron chi connectivity index (χ4n) is 4.38. The van der Waals surface area contributed by atoms with Crippen LogP contribution in [0.1, 0.15) is 24.5 Å². The maximum absolute atomic E-state index is 15.1. The molecule has 2 aliphatic heterocycles. The first-order chi connectivity index (χ1) is 15.9. The van der Waals surface area contributed by atoms with Gasteiger partial charge >= 0.3 is 0 Å². The summed E-state index contributed by atoms with van der Waals surface area (Å²) in [4.78, 5) is 18.0. The number of aldehydes is 1. The number of anilines is 1. The minimum absolute atomic E-state index is 0.0105. The summed E-state index contributed by atoms with van der Waals surface area (Å²) in [5, 5.41) is 3.48. The molecule has 1 saturated heterocycles. The summed E-state index contributed by atoms with van der Waals surface area (Å²) in [6.45, 7) is 3.69. The average Bonchev–Trinajstić information content (AvgIpc) is 3.15. The van der Waals surface area contributed by atoms with Gasteiger partial charge in [0.05, 0.1) is 6.54 Å². The van der Waals surface area contributed by atoms with Crippen LogP contribution in [0.15, 0.2) is 53.7 Å². The summed E-state index contributed by atoms with van der Waals surface area (Å²) in [6.07, 6.45) is 2.93. The number of hydrogen-bond donors (Lipinski definition) is 0. The quantitative estimate of drug-likeness (QED) is 0.264. The van der Waals surface area contributed by atoms with Crippen LogP contribution in [0.2, 0.25) is 0 Å². The van der Waals surface area contributed by atoms with Crippen molar-refractivity contribution in [3.8, 4) is 0 Å². The molecule has 9 heteroatoms. The zero-order valence-electron chi connectivity index (χ0n) is 18.3. The molecule has 4 rings (SSSR count). The molecule has 1 fully saturated rings. The minimum atomic E-state index is -1.48. The summed E-state index contributed by atoms with van der Waals surface area (Å²) in [6, 6.07) is 12.6. The lowest BCUT2D eigenvalue weighted by Gasteiger charge is -2.31. The van der Waals surface area contributed by atoms with Gasteiger partial charge in [-0.25, -0.2) is 8.78 Å². The van der Waals surface area contributed by atoms with Crippen molar-refractivity contribution in [2.24, 2.45) is 5.11 Å². The Hall–Kier alpha value is -3.26. The number of carbonyl (C=O) groups excluding carboxylic acids is 1. The highest BCUT2D eigenvalue weighted by molar-refractivity contribution is 5.73. The Morgan fingerprint density at radius 1 is 1.27 bits per heavy atom. The van der Waals surface area contributed by atoms with Crippen molar-refractivity contribution >= 4 is 17.5 Å². The van der Waals surface area contributed by atoms with Gasteiger partial charge in [0.25, 0.3) is 0 Å². The van der Waals surface area contributed by atoms with Crippen molar-refractivity contribution in [2.75, 3.05) is 31.1 Å². The van der Waals surface area contributed by atoms with E-state index in [1.165, 1.54) is 29.5 Å². The van der Waals surface area contributed by atoms with Crippen LogP contribution in [-0.4, -0.2) is 49.3 Å². The number of azide groups is 1. The van der Waals surface area contributed by atoms with Crippen LogP contribution in [0.4, 0.5) is 14.5 Å². The predicted octanol–water partition coefficient (Wildman–Crippen LogP) is 4.68. The molecule has 0 spiro atoms. The highest BCUT2D eigenvalue weighted by Crippen LogP contribution is 2.36. The molecular formula is C24H25F2N5O2. The number of benzene rings is 2. The van der Waals surface area contributed by atoms with Crippen LogP contribution in [0, 0.1) is 11.6 Å². The lowest BCUT2D eigenvalue weighted by Crippen LogP contribution is -2.44. The topological polar surface area (TPSA) is 81.5 Å². The Morgan fingerprint density at radius 3 is 2.61 bits per heavy atom. The molecule has 1 unspecified atom stereocenters. The third kappa shape index (κ3) is 4.90. The van der Waals surface area contributed by atoms with Crippen molar-refractivity contribution in [1.82, 2.24) is 4.90 Å². The second kappa shape index (κ2) is 9.70. The molecule has 33 heavy (non-hydrogen) atoms. The largest absolute Gasteiger partial charge is 0.338 e. The van der Waals surface area contributed by atoms with E-state index in [1.807, 2.05) is 24.3 Å². The molecule has 0 N–H and O–H groups in total. The molecule has 0 bridgehead atoms. The molecule has 0 aliphatic carbocycles. The molecule has 2 aliphatic rings. The fourth-order valence-corrected chi connectivity index (χ4v) is 4.38. The molecule has 0 aromatic heterocycles. The Morgan fingerprint density at radius 2 is 2.00 bits per heavy atom. The third-order valence-corrected chi connectivity index (χ3v) is 6.16. The number of carbonyl (C=O) groups is 1. The van der Waals surface area contributed by atoms with Gasteiger partial charge in [0.1, 0.15) is 11.6 Å². The molecule has 2 atom stereocenters. The molecule has 2 aromatic carbocycles. The monoisotopic (exact) mass is 453 g/mol. The second-order valence-corrected chi connectivity index (χ2v) is 8.36. The molecular weight excluding hydrogens is 428 g/mol. The van der Waals surface area contributed by atoms with Gasteiger partial charge in [-0.1, -0.05) is 41.5 Å². The van der Waals surface area contributed by atoms with Crippen LogP contribution < -0.4 is 4.90 Å². The van der Waals surface area contributed by atoms with Gasteiger partial charge in [0, 0.05) is 35.8 Å². The van der Waals surface area contributed by atoms with Crippen LogP contribution in [0.25, 0.3) is 16.0 Å². The van der Waals surface area contributed by atoms with Gasteiger partial charge in [0.2, 0.25) is 0 Å². The maximum atomic E-state index is 15.1. The van der Waals surface area contributed by atoms with Crippen molar-refractivity contribution in [3.63, 3.8) is 0 Å². The van der Waals surface area contributed by atoms with Gasteiger partial charge < -0.3 is 9.64 Å². The fraction of sp³-hybridized carbons (Fsp3) is 0.375. The van der Waals surface area contributed by atoms with E-state index in [0.29, 0.717) is 24.8 Å². The van der Waals surface area contributed by atoms with Crippen molar-refractivity contribution in [3.05, 3.63) is 81.7 Å². The Balaban J connectivity index is 1.49. The van der Waals surface area contributed by atoms with Gasteiger partial charge in [-0.2, -0.15) is 0 Å². The normalized spacial score (nSPS) is 23.2. The van der Waals surface area contributed by atoms with Gasteiger partial charge in [-0.05, 0) is 48.6 Å². The first-order valence-electron chi connectivity index (χ1n) is 10.8. The number of halogens is 2. The number of hydrogen-bond acceptors (Lipinski definition) is 5. The zero-order chi connectivity index (χ0) is 23.4. The Kier molecular flexibility index (Phi) is 6.74. The molecule has 7 nitrogen and oxygen atoms in total. The molecule has 0 radical (unpaired) electrons. The van der Waals surface area contributed by atoms with E-state index >= 15 is 8.78 Å². The summed E-state index contributed by atoms with van der Waals surface area (Å²) in [7, 11) is 0. The smallest absolute Gasteiger partial charge is 0.195 e. The van der Waals surface area contributed by atoms with E-state index in [2.05, 4.69) is 27.1 Å². The Labute approximate surface area is 190 Å². The van der Waals surface area contributed by atoms with E-state index < -0.39 is 23.6 Å². The third-order valence-electron chi connectivity index (χ3n) is 6.16. The van der Waals surface area contributed by atoms with Crippen LogP contribution >= 0.6 is 0 Å². The lowest BCUT2D eigenvalue weighted by molar-refractivity contribution is -0.127. The van der Waals surface area contributed by atoms with Crippen LogP contribution in [0.3, 0.4) is 0 Å². The zero-order valence-corrected chi connectivity index (χ0v) is 18.3. The van der Waals surface area contributed by atoms with Gasteiger partial charge in [-0.15, -0.1) is 0 Å². The number of rotatable bonds is 7. The van der Waals surface area contributed by atoms with Crippen molar-refractivity contribution in [1.29, 1.82) is 0 Å². The van der Waals surface area contributed by atoms with E-state index in [4.69, 9.17) is 10.3 Å². The highest BCUT2D eigenvalue weighted by Gasteiger charge is 2.43. The maximum Gasteiger partial charge on any atom is 0.195 e. The molecule has 2 aromatic rings.